The maximum atomic E-state index is 11.5. The molecule has 0 radical (unpaired) electrons. The summed E-state index contributed by atoms with van der Waals surface area (Å²) in [5, 5.41) is 8.00. The van der Waals surface area contributed by atoms with Crippen molar-refractivity contribution in [2.45, 2.75) is 19.5 Å². The van der Waals surface area contributed by atoms with E-state index in [1.165, 1.54) is 6.92 Å². The van der Waals surface area contributed by atoms with E-state index in [1.54, 1.807) is 0 Å². The topological polar surface area (TPSA) is 20.2 Å². The van der Waals surface area contributed by atoms with Crippen LogP contribution in [-0.4, -0.2) is 17.9 Å². The van der Waals surface area contributed by atoms with E-state index in [9.17, 15) is 4.39 Å². The van der Waals surface area contributed by atoms with E-state index in [1.807, 2.05) is 0 Å². The molecule has 0 aliphatic carbocycles. The van der Waals surface area contributed by atoms with E-state index in [-0.39, 0.29) is 13.0 Å². The van der Waals surface area contributed by atoms with Gasteiger partial charge in [-0.25, -0.2) is 4.39 Å². The molecule has 0 aliphatic rings. The normalized spacial score (nSPS) is 14.5. The Morgan fingerprint density at radius 3 is 2.33 bits per heavy atom. The van der Waals surface area contributed by atoms with Gasteiger partial charge in [0.2, 0.25) is 0 Å². The maximum absolute atomic E-state index is 11.5. The summed E-state index contributed by atoms with van der Waals surface area (Å²) >= 11 is 0. The minimum Gasteiger partial charge on any atom is -0.396 e. The van der Waals surface area contributed by atoms with Crippen molar-refractivity contribution in [1.29, 1.82) is 0 Å². The van der Waals surface area contributed by atoms with Gasteiger partial charge in [0, 0.05) is 13.0 Å². The molecule has 0 aromatic heterocycles. The van der Waals surface area contributed by atoms with Gasteiger partial charge in [0.25, 0.3) is 0 Å². The van der Waals surface area contributed by atoms with Gasteiger partial charge in [-0.2, -0.15) is 0 Å². The summed E-state index contributed by atoms with van der Waals surface area (Å²) in [6.07, 6.45) is -0.588. The Morgan fingerprint density at radius 1 is 1.83 bits per heavy atom. The van der Waals surface area contributed by atoms with Gasteiger partial charge in [0.1, 0.15) is 0 Å². The molecule has 0 bridgehead atoms. The number of halogens is 1. The summed E-state index contributed by atoms with van der Waals surface area (Å²) in [7, 11) is 0. The molecule has 38 valence electrons. The van der Waals surface area contributed by atoms with Crippen molar-refractivity contribution < 1.29 is 9.50 Å². The third-order valence-electron chi connectivity index (χ3n) is 0.527. The Kier molecular flexibility index (Phi) is 3.04. The molecule has 1 atom stereocenters. The van der Waals surface area contributed by atoms with Crippen LogP contribution in [0.2, 0.25) is 0 Å². The third kappa shape index (κ3) is 3.89. The standard InChI is InChI=1S/C4H9FO/c1-4(5)2-3-6/h4,6H,2-3H2,1H3/t4-/m1/s1. The first kappa shape index (κ1) is 5.89. The van der Waals surface area contributed by atoms with Crippen molar-refractivity contribution >= 4 is 0 Å². The summed E-state index contributed by atoms with van der Waals surface area (Å²) in [5.41, 5.74) is 0. The fourth-order valence-corrected chi connectivity index (χ4v) is 0.178. The van der Waals surface area contributed by atoms with Gasteiger partial charge < -0.3 is 5.11 Å². The zero-order valence-electron chi connectivity index (χ0n) is 3.82. The predicted octanol–water partition coefficient (Wildman–Crippen LogP) is 0.727. The summed E-state index contributed by atoms with van der Waals surface area (Å²) in [5.74, 6) is 0. The highest BCUT2D eigenvalue weighted by atomic mass is 19.1. The number of aliphatic hydroxyl groups is 1. The van der Waals surface area contributed by atoms with Gasteiger partial charge >= 0.3 is 0 Å². The highest BCUT2D eigenvalue weighted by Crippen LogP contribution is 1.91. The molecular weight excluding hydrogens is 83.0 g/mol. The molecule has 2 heteroatoms. The predicted molar refractivity (Wildman–Crippen MR) is 22.3 cm³/mol. The summed E-state index contributed by atoms with van der Waals surface area (Å²) < 4.78 is 11.5. The molecule has 1 N–H and O–H groups in total. The summed E-state index contributed by atoms with van der Waals surface area (Å²) in [4.78, 5) is 0. The lowest BCUT2D eigenvalue weighted by molar-refractivity contribution is 0.231. The van der Waals surface area contributed by atoms with E-state index in [4.69, 9.17) is 5.11 Å². The molecule has 0 heterocycles. The quantitative estimate of drug-likeness (QED) is 0.532. The Balaban J connectivity index is 2.63. The lowest BCUT2D eigenvalue weighted by atomic mass is 10.3. The van der Waals surface area contributed by atoms with Gasteiger partial charge in [-0.3, -0.25) is 0 Å². The molecule has 0 unspecified atom stereocenters. The number of rotatable bonds is 2. The van der Waals surface area contributed by atoms with Crippen molar-refractivity contribution in [3.63, 3.8) is 0 Å². The van der Waals surface area contributed by atoms with Crippen LogP contribution >= 0.6 is 0 Å². The highest BCUT2D eigenvalue weighted by Gasteiger charge is 1.91. The minimum absolute atomic E-state index is 0.0440. The molecule has 0 amide bonds. The van der Waals surface area contributed by atoms with Crippen LogP contribution < -0.4 is 0 Å². The van der Waals surface area contributed by atoms with E-state index in [2.05, 4.69) is 0 Å². The second-order valence-corrected chi connectivity index (χ2v) is 1.29. The van der Waals surface area contributed by atoms with Crippen molar-refractivity contribution in [2.75, 3.05) is 6.61 Å². The maximum Gasteiger partial charge on any atom is 0.0995 e. The van der Waals surface area contributed by atoms with Crippen LogP contribution in [-0.2, 0) is 0 Å². The molecule has 0 saturated carbocycles. The average Bonchev–Trinajstić information content (AvgIpc) is 1.35. The molecular formula is C4H9FO. The van der Waals surface area contributed by atoms with E-state index < -0.39 is 6.17 Å². The smallest absolute Gasteiger partial charge is 0.0995 e. The van der Waals surface area contributed by atoms with Crippen molar-refractivity contribution in [1.82, 2.24) is 0 Å². The van der Waals surface area contributed by atoms with Gasteiger partial charge in [-0.05, 0) is 6.92 Å². The first-order valence-corrected chi connectivity index (χ1v) is 2.02. The second-order valence-electron chi connectivity index (χ2n) is 1.29. The van der Waals surface area contributed by atoms with E-state index >= 15 is 0 Å². The first-order valence-electron chi connectivity index (χ1n) is 2.02. The SMILES string of the molecule is C[C@@H](F)CCO. The third-order valence-corrected chi connectivity index (χ3v) is 0.527. The molecule has 0 saturated heterocycles. The second kappa shape index (κ2) is 3.09. The Labute approximate surface area is 36.8 Å². The van der Waals surface area contributed by atoms with Gasteiger partial charge in [-0.1, -0.05) is 0 Å². The largest absolute Gasteiger partial charge is 0.396 e. The number of hydrogen-bond acceptors (Lipinski definition) is 1. The minimum atomic E-state index is -0.852. The van der Waals surface area contributed by atoms with Gasteiger partial charge in [0.05, 0.1) is 6.17 Å². The molecule has 6 heavy (non-hydrogen) atoms. The molecule has 0 fully saturated rings. The van der Waals surface area contributed by atoms with Crippen LogP contribution in [0.3, 0.4) is 0 Å². The Hall–Kier alpha value is -0.110. The van der Waals surface area contributed by atoms with Crippen molar-refractivity contribution in [3.05, 3.63) is 0 Å². The van der Waals surface area contributed by atoms with Gasteiger partial charge in [-0.15, -0.1) is 0 Å². The Bertz CT molecular complexity index is 28.7. The van der Waals surface area contributed by atoms with Crippen molar-refractivity contribution in [3.8, 4) is 0 Å². The van der Waals surface area contributed by atoms with Crippen LogP contribution in [0.15, 0.2) is 0 Å². The number of alkyl halides is 1. The van der Waals surface area contributed by atoms with Gasteiger partial charge in [0.15, 0.2) is 0 Å². The molecule has 0 rings (SSSR count). The zero-order valence-corrected chi connectivity index (χ0v) is 3.82. The van der Waals surface area contributed by atoms with Crippen LogP contribution in [0, 0.1) is 0 Å². The van der Waals surface area contributed by atoms with Crippen LogP contribution in [0.25, 0.3) is 0 Å². The summed E-state index contributed by atoms with van der Waals surface area (Å²) in [6.45, 7) is 1.38. The highest BCUT2D eigenvalue weighted by molar-refractivity contribution is 4.41. The van der Waals surface area contributed by atoms with E-state index in [0.29, 0.717) is 0 Å². The zero-order chi connectivity index (χ0) is 4.99. The number of aliphatic hydroxyl groups excluding tert-OH is 1. The van der Waals surface area contributed by atoms with Crippen LogP contribution in [0.4, 0.5) is 4.39 Å². The summed E-state index contributed by atoms with van der Waals surface area (Å²) in [6, 6.07) is 0. The fraction of sp³-hybridized carbons (Fsp3) is 1.00. The van der Waals surface area contributed by atoms with Crippen molar-refractivity contribution in [2.24, 2.45) is 0 Å². The van der Waals surface area contributed by atoms with Crippen LogP contribution in [0.5, 0.6) is 0 Å². The fourth-order valence-electron chi connectivity index (χ4n) is 0.178. The molecule has 1 nitrogen and oxygen atoms in total. The Morgan fingerprint density at radius 2 is 2.33 bits per heavy atom. The molecule has 0 spiro atoms. The average molecular weight is 92.1 g/mol. The first-order chi connectivity index (χ1) is 2.77. The van der Waals surface area contributed by atoms with Crippen LogP contribution in [0.1, 0.15) is 13.3 Å². The molecule has 0 aliphatic heterocycles. The number of hydrogen-bond donors (Lipinski definition) is 1. The molecule has 0 aromatic rings. The lowest BCUT2D eigenvalue weighted by Gasteiger charge is -1.91. The van der Waals surface area contributed by atoms with E-state index in [0.717, 1.165) is 0 Å². The molecule has 0 aromatic carbocycles. The lowest BCUT2D eigenvalue weighted by Crippen LogP contribution is -1.94. The monoisotopic (exact) mass is 92.1 g/mol.